The molecule has 0 saturated carbocycles. The summed E-state index contributed by atoms with van der Waals surface area (Å²) in [5, 5.41) is 2.54. The Morgan fingerprint density at radius 1 is 0.857 bits per heavy atom. The van der Waals surface area contributed by atoms with E-state index in [1.165, 1.54) is 42.0 Å². The lowest BCUT2D eigenvalue weighted by atomic mass is 10.1. The minimum Gasteiger partial charge on any atom is -0.494 e. The Kier molecular flexibility index (Phi) is 4.44. The van der Waals surface area contributed by atoms with Gasteiger partial charge in [0.25, 0.3) is 0 Å². The van der Waals surface area contributed by atoms with E-state index in [0.29, 0.717) is 0 Å². The van der Waals surface area contributed by atoms with Crippen LogP contribution in [-0.4, -0.2) is 11.6 Å². The second-order valence-electron chi connectivity index (χ2n) is 5.64. The van der Waals surface area contributed by atoms with Crippen molar-refractivity contribution in [1.82, 2.24) is 4.98 Å². The van der Waals surface area contributed by atoms with Crippen molar-refractivity contribution < 1.29 is 4.74 Å². The second kappa shape index (κ2) is 6.66. The van der Waals surface area contributed by atoms with E-state index in [1.54, 1.807) is 0 Å². The molecule has 1 aromatic heterocycles. The standard InChI is InChI=1S/C19H23NO/c1-2-3-4-5-8-13-21-15-11-12-17-16-9-6-7-10-18(16)20-19(17)14-15/h6-7,9-12,14,20H,2-5,8,13H2,1H3. The van der Waals surface area contributed by atoms with Crippen molar-refractivity contribution in [3.63, 3.8) is 0 Å². The zero-order valence-corrected chi connectivity index (χ0v) is 12.7. The van der Waals surface area contributed by atoms with Gasteiger partial charge in [-0.15, -0.1) is 0 Å². The molecule has 0 bridgehead atoms. The van der Waals surface area contributed by atoms with Crippen molar-refractivity contribution in [2.24, 2.45) is 0 Å². The van der Waals surface area contributed by atoms with Crippen molar-refractivity contribution in [3.8, 4) is 5.75 Å². The summed E-state index contributed by atoms with van der Waals surface area (Å²) in [6.07, 6.45) is 6.35. The molecule has 0 amide bonds. The van der Waals surface area contributed by atoms with Crippen molar-refractivity contribution in [2.45, 2.75) is 39.0 Å². The maximum absolute atomic E-state index is 5.87. The van der Waals surface area contributed by atoms with Crippen LogP contribution in [0.25, 0.3) is 21.8 Å². The molecule has 2 nitrogen and oxygen atoms in total. The first-order chi connectivity index (χ1) is 10.4. The molecule has 0 saturated heterocycles. The summed E-state index contributed by atoms with van der Waals surface area (Å²) in [6.45, 7) is 3.06. The number of rotatable bonds is 7. The fraction of sp³-hybridized carbons (Fsp3) is 0.368. The zero-order chi connectivity index (χ0) is 14.5. The predicted octanol–water partition coefficient (Wildman–Crippen LogP) is 5.67. The Hall–Kier alpha value is -1.96. The number of benzene rings is 2. The number of fused-ring (bicyclic) bond motifs is 3. The normalized spacial score (nSPS) is 11.3. The smallest absolute Gasteiger partial charge is 0.121 e. The van der Waals surface area contributed by atoms with E-state index in [1.807, 2.05) is 0 Å². The molecule has 3 rings (SSSR count). The van der Waals surface area contributed by atoms with Gasteiger partial charge >= 0.3 is 0 Å². The number of aromatic amines is 1. The molecule has 0 aliphatic heterocycles. The van der Waals surface area contributed by atoms with Crippen LogP contribution in [0.3, 0.4) is 0 Å². The minimum absolute atomic E-state index is 0.815. The van der Waals surface area contributed by atoms with Gasteiger partial charge in [-0.25, -0.2) is 0 Å². The van der Waals surface area contributed by atoms with Gasteiger partial charge in [-0.2, -0.15) is 0 Å². The summed E-state index contributed by atoms with van der Waals surface area (Å²) >= 11 is 0. The van der Waals surface area contributed by atoms with Crippen LogP contribution in [0.15, 0.2) is 42.5 Å². The highest BCUT2D eigenvalue weighted by Crippen LogP contribution is 2.28. The molecule has 2 heteroatoms. The molecule has 21 heavy (non-hydrogen) atoms. The first-order valence-electron chi connectivity index (χ1n) is 8.02. The van der Waals surface area contributed by atoms with Gasteiger partial charge in [-0.05, 0) is 24.6 Å². The van der Waals surface area contributed by atoms with Gasteiger partial charge in [-0.3, -0.25) is 0 Å². The fourth-order valence-corrected chi connectivity index (χ4v) is 2.82. The molecule has 2 aromatic carbocycles. The Bertz CT molecular complexity index is 714. The molecule has 0 fully saturated rings. The first kappa shape index (κ1) is 14.0. The van der Waals surface area contributed by atoms with Crippen molar-refractivity contribution in [1.29, 1.82) is 0 Å². The van der Waals surface area contributed by atoms with Crippen LogP contribution < -0.4 is 4.74 Å². The summed E-state index contributed by atoms with van der Waals surface area (Å²) < 4.78 is 5.87. The largest absolute Gasteiger partial charge is 0.494 e. The lowest BCUT2D eigenvalue weighted by Crippen LogP contribution is -1.97. The average molecular weight is 281 g/mol. The van der Waals surface area contributed by atoms with E-state index in [9.17, 15) is 0 Å². The maximum Gasteiger partial charge on any atom is 0.121 e. The zero-order valence-electron chi connectivity index (χ0n) is 12.7. The Balaban J connectivity index is 1.66. The molecule has 0 aliphatic carbocycles. The number of hydrogen-bond acceptors (Lipinski definition) is 1. The van der Waals surface area contributed by atoms with E-state index >= 15 is 0 Å². The molecule has 0 unspecified atom stereocenters. The lowest BCUT2D eigenvalue weighted by Gasteiger charge is -2.06. The van der Waals surface area contributed by atoms with Gasteiger partial charge in [0.2, 0.25) is 0 Å². The van der Waals surface area contributed by atoms with Crippen LogP contribution in [0, 0.1) is 0 Å². The number of H-pyrrole nitrogens is 1. The number of nitrogens with one attached hydrogen (secondary N) is 1. The molecule has 0 atom stereocenters. The average Bonchev–Trinajstić information content (AvgIpc) is 2.88. The van der Waals surface area contributed by atoms with Crippen LogP contribution in [0.1, 0.15) is 39.0 Å². The topological polar surface area (TPSA) is 25.0 Å². The van der Waals surface area contributed by atoms with Crippen LogP contribution in [-0.2, 0) is 0 Å². The summed E-state index contributed by atoms with van der Waals surface area (Å²) in [5.41, 5.74) is 2.34. The van der Waals surface area contributed by atoms with E-state index in [-0.39, 0.29) is 0 Å². The lowest BCUT2D eigenvalue weighted by molar-refractivity contribution is 0.305. The number of para-hydroxylation sites is 1. The Labute approximate surface area is 126 Å². The third-order valence-electron chi connectivity index (χ3n) is 3.99. The molecule has 0 radical (unpaired) electrons. The van der Waals surface area contributed by atoms with E-state index in [0.717, 1.165) is 24.3 Å². The third kappa shape index (κ3) is 3.21. The molecule has 110 valence electrons. The molecule has 3 aromatic rings. The van der Waals surface area contributed by atoms with Crippen molar-refractivity contribution >= 4 is 21.8 Å². The van der Waals surface area contributed by atoms with Gasteiger partial charge in [0.1, 0.15) is 5.75 Å². The number of hydrogen-bond donors (Lipinski definition) is 1. The number of aromatic nitrogens is 1. The fourth-order valence-electron chi connectivity index (χ4n) is 2.82. The molecule has 1 heterocycles. The van der Waals surface area contributed by atoms with Crippen molar-refractivity contribution in [2.75, 3.05) is 6.61 Å². The maximum atomic E-state index is 5.87. The molecule has 0 spiro atoms. The highest BCUT2D eigenvalue weighted by Gasteiger charge is 2.04. The van der Waals surface area contributed by atoms with Crippen molar-refractivity contribution in [3.05, 3.63) is 42.5 Å². The van der Waals surface area contributed by atoms with Gasteiger partial charge in [0.15, 0.2) is 0 Å². The number of ether oxygens (including phenoxy) is 1. The highest BCUT2D eigenvalue weighted by atomic mass is 16.5. The van der Waals surface area contributed by atoms with Gasteiger partial charge in [0, 0.05) is 22.4 Å². The monoisotopic (exact) mass is 281 g/mol. The van der Waals surface area contributed by atoms with Crippen LogP contribution in [0.2, 0.25) is 0 Å². The van der Waals surface area contributed by atoms with E-state index < -0.39 is 0 Å². The van der Waals surface area contributed by atoms with Gasteiger partial charge < -0.3 is 9.72 Å². The number of unbranched alkanes of at least 4 members (excludes halogenated alkanes) is 4. The van der Waals surface area contributed by atoms with Crippen LogP contribution in [0.5, 0.6) is 5.75 Å². The second-order valence-corrected chi connectivity index (χ2v) is 5.64. The summed E-state index contributed by atoms with van der Waals surface area (Å²) in [6, 6.07) is 14.8. The van der Waals surface area contributed by atoms with E-state index in [4.69, 9.17) is 4.74 Å². The first-order valence-corrected chi connectivity index (χ1v) is 8.02. The van der Waals surface area contributed by atoms with E-state index in [2.05, 4.69) is 54.4 Å². The van der Waals surface area contributed by atoms with Crippen LogP contribution in [0.4, 0.5) is 0 Å². The molecular formula is C19H23NO. The summed E-state index contributed by atoms with van der Waals surface area (Å²) in [7, 11) is 0. The molecule has 1 N–H and O–H groups in total. The Morgan fingerprint density at radius 2 is 1.67 bits per heavy atom. The third-order valence-corrected chi connectivity index (χ3v) is 3.99. The van der Waals surface area contributed by atoms with Gasteiger partial charge in [0.05, 0.1) is 12.1 Å². The van der Waals surface area contributed by atoms with Gasteiger partial charge in [-0.1, -0.05) is 50.8 Å². The summed E-state index contributed by atoms with van der Waals surface area (Å²) in [4.78, 5) is 3.46. The minimum atomic E-state index is 0.815. The summed E-state index contributed by atoms with van der Waals surface area (Å²) in [5.74, 6) is 0.963. The predicted molar refractivity (Wildman–Crippen MR) is 90.1 cm³/mol. The highest BCUT2D eigenvalue weighted by molar-refractivity contribution is 6.07. The SMILES string of the molecule is CCCCCCCOc1ccc2c(c1)[nH]c1ccccc12. The quantitative estimate of drug-likeness (QED) is 0.554. The molecule has 0 aliphatic rings. The Morgan fingerprint density at radius 3 is 2.57 bits per heavy atom. The van der Waals surface area contributed by atoms with Crippen LogP contribution >= 0.6 is 0 Å². The molecular weight excluding hydrogens is 258 g/mol.